The number of para-hydroxylation sites is 1. The summed E-state index contributed by atoms with van der Waals surface area (Å²) in [5.41, 5.74) is 2.11. The number of aromatic nitrogens is 1. The molecule has 0 aliphatic carbocycles. The zero-order valence-electron chi connectivity index (χ0n) is 7.20. The highest BCUT2D eigenvalue weighted by atomic mass is 35.5. The molecule has 0 fully saturated rings. The standard InChI is InChI=1S/C11H10ClN/c12-8-7-10-6-5-9-3-1-2-4-11(9)13-10/h1-6H,7-8H2. The van der Waals surface area contributed by atoms with Crippen molar-refractivity contribution >= 4 is 22.5 Å². The molecule has 2 rings (SSSR count). The first kappa shape index (κ1) is 8.52. The molecule has 0 unspecified atom stereocenters. The van der Waals surface area contributed by atoms with Gasteiger partial charge in [-0.05, 0) is 12.1 Å². The Bertz CT molecular complexity index is 412. The predicted octanol–water partition coefficient (Wildman–Crippen LogP) is 3.02. The Hall–Kier alpha value is -1.08. The molecule has 0 amide bonds. The monoisotopic (exact) mass is 191 g/mol. The van der Waals surface area contributed by atoms with Crippen molar-refractivity contribution in [2.45, 2.75) is 6.42 Å². The minimum Gasteiger partial charge on any atom is -0.253 e. The van der Waals surface area contributed by atoms with E-state index in [1.54, 1.807) is 0 Å². The smallest absolute Gasteiger partial charge is 0.0705 e. The number of hydrogen-bond donors (Lipinski definition) is 0. The van der Waals surface area contributed by atoms with Gasteiger partial charge in [0.05, 0.1) is 5.52 Å². The Morgan fingerprint density at radius 3 is 2.77 bits per heavy atom. The fourth-order valence-electron chi connectivity index (χ4n) is 1.34. The van der Waals surface area contributed by atoms with Crippen molar-refractivity contribution in [2.24, 2.45) is 0 Å². The molecule has 1 aromatic heterocycles. The summed E-state index contributed by atoms with van der Waals surface area (Å²) in [5, 5.41) is 1.18. The lowest BCUT2D eigenvalue weighted by atomic mass is 10.2. The van der Waals surface area contributed by atoms with Crippen molar-refractivity contribution in [3.8, 4) is 0 Å². The van der Waals surface area contributed by atoms with E-state index in [1.165, 1.54) is 5.39 Å². The van der Waals surface area contributed by atoms with Crippen LogP contribution in [0.5, 0.6) is 0 Å². The third-order valence-corrected chi connectivity index (χ3v) is 2.20. The topological polar surface area (TPSA) is 12.9 Å². The number of rotatable bonds is 2. The molecule has 2 heteroatoms. The van der Waals surface area contributed by atoms with Crippen LogP contribution in [-0.4, -0.2) is 10.9 Å². The normalized spacial score (nSPS) is 10.5. The molecule has 0 saturated heterocycles. The third kappa shape index (κ3) is 1.81. The Balaban J connectivity index is 2.49. The molecular weight excluding hydrogens is 182 g/mol. The van der Waals surface area contributed by atoms with E-state index in [4.69, 9.17) is 11.6 Å². The molecule has 0 saturated carbocycles. The van der Waals surface area contributed by atoms with E-state index >= 15 is 0 Å². The van der Waals surface area contributed by atoms with Crippen molar-refractivity contribution in [1.29, 1.82) is 0 Å². The molecule has 0 N–H and O–H groups in total. The molecule has 0 bridgehead atoms. The fourth-order valence-corrected chi connectivity index (χ4v) is 1.54. The number of fused-ring (bicyclic) bond motifs is 1. The Kier molecular flexibility index (Phi) is 2.46. The third-order valence-electron chi connectivity index (χ3n) is 2.01. The zero-order valence-corrected chi connectivity index (χ0v) is 7.96. The van der Waals surface area contributed by atoms with E-state index in [9.17, 15) is 0 Å². The lowest BCUT2D eigenvalue weighted by Gasteiger charge is -1.99. The summed E-state index contributed by atoms with van der Waals surface area (Å²) in [7, 11) is 0. The number of hydrogen-bond acceptors (Lipinski definition) is 1. The zero-order chi connectivity index (χ0) is 9.10. The largest absolute Gasteiger partial charge is 0.253 e. The molecule has 1 aromatic carbocycles. The Morgan fingerprint density at radius 2 is 1.92 bits per heavy atom. The highest BCUT2D eigenvalue weighted by Crippen LogP contribution is 2.11. The van der Waals surface area contributed by atoms with Gasteiger partial charge in [-0.2, -0.15) is 0 Å². The van der Waals surface area contributed by atoms with E-state index in [1.807, 2.05) is 24.3 Å². The summed E-state index contributed by atoms with van der Waals surface area (Å²) in [6.07, 6.45) is 0.840. The van der Waals surface area contributed by atoms with Crippen LogP contribution in [0.15, 0.2) is 36.4 Å². The summed E-state index contributed by atoms with van der Waals surface area (Å²) >= 11 is 5.65. The number of alkyl halides is 1. The summed E-state index contributed by atoms with van der Waals surface area (Å²) in [4.78, 5) is 4.48. The lowest BCUT2D eigenvalue weighted by molar-refractivity contribution is 1.06. The second-order valence-corrected chi connectivity index (χ2v) is 3.31. The van der Waals surface area contributed by atoms with Crippen LogP contribution in [0.1, 0.15) is 5.69 Å². The molecule has 0 atom stereocenters. The highest BCUT2D eigenvalue weighted by molar-refractivity contribution is 6.17. The number of aryl methyl sites for hydroxylation is 1. The SMILES string of the molecule is ClCCc1ccc2ccccc2n1. The first-order valence-corrected chi connectivity index (χ1v) is 4.84. The van der Waals surface area contributed by atoms with E-state index in [0.717, 1.165) is 17.6 Å². The van der Waals surface area contributed by atoms with Gasteiger partial charge in [0.1, 0.15) is 0 Å². The average Bonchev–Trinajstić information content (AvgIpc) is 2.18. The van der Waals surface area contributed by atoms with Crippen molar-refractivity contribution in [3.05, 3.63) is 42.1 Å². The van der Waals surface area contributed by atoms with Crippen LogP contribution in [-0.2, 0) is 6.42 Å². The van der Waals surface area contributed by atoms with E-state index in [-0.39, 0.29) is 0 Å². The van der Waals surface area contributed by atoms with Gasteiger partial charge in [-0.1, -0.05) is 24.3 Å². The van der Waals surface area contributed by atoms with Gasteiger partial charge >= 0.3 is 0 Å². The lowest BCUT2D eigenvalue weighted by Crippen LogP contribution is -1.90. The van der Waals surface area contributed by atoms with Crippen molar-refractivity contribution in [2.75, 3.05) is 5.88 Å². The Labute approximate surface area is 82.4 Å². The maximum absolute atomic E-state index is 5.65. The number of nitrogens with zero attached hydrogens (tertiary/aromatic N) is 1. The predicted molar refractivity (Wildman–Crippen MR) is 56.2 cm³/mol. The van der Waals surface area contributed by atoms with Crippen LogP contribution in [0.3, 0.4) is 0 Å². The Morgan fingerprint density at radius 1 is 1.08 bits per heavy atom. The summed E-state index contributed by atoms with van der Waals surface area (Å²) < 4.78 is 0. The van der Waals surface area contributed by atoms with Gasteiger partial charge in [0.25, 0.3) is 0 Å². The number of halogens is 1. The number of benzene rings is 1. The van der Waals surface area contributed by atoms with Crippen molar-refractivity contribution < 1.29 is 0 Å². The van der Waals surface area contributed by atoms with E-state index < -0.39 is 0 Å². The summed E-state index contributed by atoms with van der Waals surface area (Å²) in [6, 6.07) is 12.2. The van der Waals surface area contributed by atoms with Crippen LogP contribution in [0.4, 0.5) is 0 Å². The molecule has 0 spiro atoms. The van der Waals surface area contributed by atoms with Crippen LogP contribution >= 0.6 is 11.6 Å². The molecule has 1 nitrogen and oxygen atoms in total. The number of pyridine rings is 1. The average molecular weight is 192 g/mol. The highest BCUT2D eigenvalue weighted by Gasteiger charge is 1.96. The van der Waals surface area contributed by atoms with Gasteiger partial charge in [0.2, 0.25) is 0 Å². The van der Waals surface area contributed by atoms with Gasteiger partial charge in [-0.25, -0.2) is 0 Å². The second-order valence-electron chi connectivity index (χ2n) is 2.93. The fraction of sp³-hybridized carbons (Fsp3) is 0.182. The maximum Gasteiger partial charge on any atom is 0.0705 e. The van der Waals surface area contributed by atoms with Crippen molar-refractivity contribution in [3.63, 3.8) is 0 Å². The maximum atomic E-state index is 5.65. The van der Waals surface area contributed by atoms with Gasteiger partial charge in [-0.15, -0.1) is 11.6 Å². The quantitative estimate of drug-likeness (QED) is 0.665. The van der Waals surface area contributed by atoms with Crippen LogP contribution in [0.25, 0.3) is 10.9 Å². The van der Waals surface area contributed by atoms with Gasteiger partial charge < -0.3 is 0 Å². The molecule has 13 heavy (non-hydrogen) atoms. The second kappa shape index (κ2) is 3.75. The minimum atomic E-state index is 0.630. The van der Waals surface area contributed by atoms with Crippen molar-refractivity contribution in [1.82, 2.24) is 4.98 Å². The summed E-state index contributed by atoms with van der Waals surface area (Å²) in [5.74, 6) is 0.630. The van der Waals surface area contributed by atoms with E-state index in [2.05, 4.69) is 17.1 Å². The van der Waals surface area contributed by atoms with Gasteiger partial charge in [0, 0.05) is 23.4 Å². The molecule has 2 aromatic rings. The molecule has 66 valence electrons. The molecule has 0 aliphatic rings. The van der Waals surface area contributed by atoms with Gasteiger partial charge in [-0.3, -0.25) is 4.98 Å². The minimum absolute atomic E-state index is 0.630. The molecule has 1 heterocycles. The van der Waals surface area contributed by atoms with Crippen LogP contribution in [0.2, 0.25) is 0 Å². The van der Waals surface area contributed by atoms with E-state index in [0.29, 0.717) is 5.88 Å². The first-order valence-electron chi connectivity index (χ1n) is 4.31. The first-order chi connectivity index (χ1) is 6.40. The van der Waals surface area contributed by atoms with Crippen LogP contribution in [0, 0.1) is 0 Å². The molecular formula is C11H10ClN. The molecule has 0 radical (unpaired) electrons. The summed E-state index contributed by atoms with van der Waals surface area (Å²) in [6.45, 7) is 0. The van der Waals surface area contributed by atoms with Gasteiger partial charge in [0.15, 0.2) is 0 Å². The molecule has 0 aliphatic heterocycles. The van der Waals surface area contributed by atoms with Crippen LogP contribution < -0.4 is 0 Å².